The smallest absolute Gasteiger partial charge is 0.223 e. The fraction of sp³-hybridized carbons (Fsp3) is 0.273. The second-order valence-corrected chi connectivity index (χ2v) is 3.67. The molecule has 0 aliphatic rings. The number of nitrogens with zero attached hydrogens (tertiary/aromatic N) is 3. The molecular formula is C11H17N5. The highest BCUT2D eigenvalue weighted by Gasteiger charge is 1.96. The Morgan fingerprint density at radius 2 is 1.94 bits per heavy atom. The predicted molar refractivity (Wildman–Crippen MR) is 67.8 cm³/mol. The lowest BCUT2D eigenvalue weighted by molar-refractivity contribution is 0.615. The molecule has 4 N–H and O–H groups in total. The molecule has 86 valence electrons. The minimum Gasteiger partial charge on any atom is -0.369 e. The second-order valence-electron chi connectivity index (χ2n) is 3.67. The standard InChI is InChI=1S/C11H17N5/c1-8-5-4-6-9(7-8)14-10(12)15-11(13)16(2)3/h4-7H,1-3H3,(H4,12,13,14,15). The molecule has 0 amide bonds. The first-order valence-corrected chi connectivity index (χ1v) is 4.91. The maximum atomic E-state index is 5.65. The Morgan fingerprint density at radius 1 is 1.25 bits per heavy atom. The van der Waals surface area contributed by atoms with Crippen LogP contribution in [0.25, 0.3) is 0 Å². The summed E-state index contributed by atoms with van der Waals surface area (Å²) in [5.41, 5.74) is 13.2. The monoisotopic (exact) mass is 219 g/mol. The largest absolute Gasteiger partial charge is 0.369 e. The first kappa shape index (κ1) is 12.0. The van der Waals surface area contributed by atoms with Crippen LogP contribution in [0.4, 0.5) is 5.69 Å². The highest BCUT2D eigenvalue weighted by Crippen LogP contribution is 2.12. The van der Waals surface area contributed by atoms with E-state index >= 15 is 0 Å². The number of nitrogens with two attached hydrogens (primary N) is 2. The molecule has 0 aliphatic carbocycles. The van der Waals surface area contributed by atoms with Gasteiger partial charge in [-0.05, 0) is 24.6 Å². The van der Waals surface area contributed by atoms with E-state index in [0.29, 0.717) is 5.96 Å². The lowest BCUT2D eigenvalue weighted by atomic mass is 10.2. The minimum absolute atomic E-state index is 0.150. The molecule has 0 atom stereocenters. The zero-order chi connectivity index (χ0) is 12.1. The Labute approximate surface area is 95.5 Å². The molecule has 1 aromatic rings. The molecule has 0 aliphatic heterocycles. The predicted octanol–water partition coefficient (Wildman–Crippen LogP) is 0.818. The lowest BCUT2D eigenvalue weighted by Gasteiger charge is -2.09. The van der Waals surface area contributed by atoms with Crippen LogP contribution >= 0.6 is 0 Å². The van der Waals surface area contributed by atoms with Crippen molar-refractivity contribution in [3.63, 3.8) is 0 Å². The van der Waals surface area contributed by atoms with E-state index in [1.807, 2.05) is 31.2 Å². The van der Waals surface area contributed by atoms with Crippen LogP contribution in [0.15, 0.2) is 34.3 Å². The fourth-order valence-corrected chi connectivity index (χ4v) is 1.07. The van der Waals surface area contributed by atoms with Crippen LogP contribution in [0.2, 0.25) is 0 Å². The van der Waals surface area contributed by atoms with Crippen molar-refractivity contribution in [1.82, 2.24) is 4.90 Å². The van der Waals surface area contributed by atoms with Crippen LogP contribution in [-0.4, -0.2) is 30.9 Å². The Bertz CT molecular complexity index is 420. The number of guanidine groups is 2. The van der Waals surface area contributed by atoms with E-state index in [1.54, 1.807) is 19.0 Å². The van der Waals surface area contributed by atoms with Crippen LogP contribution in [0.5, 0.6) is 0 Å². The molecule has 0 bridgehead atoms. The van der Waals surface area contributed by atoms with Crippen LogP contribution in [0, 0.1) is 6.92 Å². The maximum Gasteiger partial charge on any atom is 0.223 e. The summed E-state index contributed by atoms with van der Waals surface area (Å²) in [7, 11) is 3.58. The van der Waals surface area contributed by atoms with Gasteiger partial charge in [-0.2, -0.15) is 4.99 Å². The van der Waals surface area contributed by atoms with Crippen molar-refractivity contribution in [3.05, 3.63) is 29.8 Å². The van der Waals surface area contributed by atoms with Gasteiger partial charge in [-0.1, -0.05) is 12.1 Å². The maximum absolute atomic E-state index is 5.65. The molecule has 0 unspecified atom stereocenters. The van der Waals surface area contributed by atoms with Crippen LogP contribution < -0.4 is 11.5 Å². The van der Waals surface area contributed by atoms with Crippen molar-refractivity contribution in [3.8, 4) is 0 Å². The van der Waals surface area contributed by atoms with Crippen LogP contribution in [0.3, 0.4) is 0 Å². The molecule has 0 saturated carbocycles. The topological polar surface area (TPSA) is 80.0 Å². The number of aliphatic imine (C=N–C) groups is 2. The summed E-state index contributed by atoms with van der Waals surface area (Å²) < 4.78 is 0. The van der Waals surface area contributed by atoms with E-state index in [1.165, 1.54) is 0 Å². The quantitative estimate of drug-likeness (QED) is 0.542. The van der Waals surface area contributed by atoms with E-state index < -0.39 is 0 Å². The third-order valence-corrected chi connectivity index (χ3v) is 1.93. The van der Waals surface area contributed by atoms with Crippen LogP contribution in [0.1, 0.15) is 5.56 Å². The van der Waals surface area contributed by atoms with Gasteiger partial charge in [0.2, 0.25) is 5.96 Å². The number of benzene rings is 1. The second kappa shape index (κ2) is 5.16. The van der Waals surface area contributed by atoms with Crippen molar-refractivity contribution >= 4 is 17.6 Å². The van der Waals surface area contributed by atoms with Gasteiger partial charge >= 0.3 is 0 Å². The van der Waals surface area contributed by atoms with Gasteiger partial charge in [0.25, 0.3) is 0 Å². The summed E-state index contributed by atoms with van der Waals surface area (Å²) in [5, 5.41) is 0. The van der Waals surface area contributed by atoms with Crippen molar-refractivity contribution in [1.29, 1.82) is 0 Å². The van der Waals surface area contributed by atoms with Gasteiger partial charge in [0, 0.05) is 14.1 Å². The average Bonchev–Trinajstić information content (AvgIpc) is 2.16. The summed E-state index contributed by atoms with van der Waals surface area (Å²) in [6, 6.07) is 7.70. The normalized spacial score (nSPS) is 12.7. The van der Waals surface area contributed by atoms with E-state index in [0.717, 1.165) is 11.3 Å². The molecule has 1 rings (SSSR count). The molecule has 0 spiro atoms. The number of rotatable bonds is 1. The van der Waals surface area contributed by atoms with Crippen molar-refractivity contribution < 1.29 is 0 Å². The highest BCUT2D eigenvalue weighted by molar-refractivity contribution is 5.94. The minimum atomic E-state index is 0.150. The lowest BCUT2D eigenvalue weighted by Crippen LogP contribution is -2.32. The molecule has 0 heterocycles. The summed E-state index contributed by atoms with van der Waals surface area (Å²) in [6.07, 6.45) is 0. The molecule has 16 heavy (non-hydrogen) atoms. The Hall–Kier alpha value is -2.04. The Kier molecular flexibility index (Phi) is 3.88. The number of aryl methyl sites for hydroxylation is 1. The molecule has 5 heteroatoms. The van der Waals surface area contributed by atoms with E-state index in [9.17, 15) is 0 Å². The first-order chi connectivity index (χ1) is 7.49. The molecule has 5 nitrogen and oxygen atoms in total. The van der Waals surface area contributed by atoms with Gasteiger partial charge in [0.1, 0.15) is 0 Å². The van der Waals surface area contributed by atoms with Crippen LogP contribution in [-0.2, 0) is 0 Å². The van der Waals surface area contributed by atoms with Gasteiger partial charge < -0.3 is 16.4 Å². The SMILES string of the molecule is Cc1cccc(N=C(N)N=C(N)N(C)C)c1. The van der Waals surface area contributed by atoms with E-state index in [4.69, 9.17) is 11.5 Å². The summed E-state index contributed by atoms with van der Waals surface area (Å²) >= 11 is 0. The fourth-order valence-electron chi connectivity index (χ4n) is 1.07. The molecule has 0 saturated heterocycles. The molecule has 0 radical (unpaired) electrons. The summed E-state index contributed by atoms with van der Waals surface area (Å²) in [4.78, 5) is 9.76. The zero-order valence-electron chi connectivity index (χ0n) is 9.81. The molecule has 0 fully saturated rings. The molecule has 0 aromatic heterocycles. The average molecular weight is 219 g/mol. The van der Waals surface area contributed by atoms with E-state index in [2.05, 4.69) is 9.98 Å². The van der Waals surface area contributed by atoms with Gasteiger partial charge in [-0.15, -0.1) is 0 Å². The van der Waals surface area contributed by atoms with Gasteiger partial charge in [0.15, 0.2) is 5.96 Å². The first-order valence-electron chi connectivity index (χ1n) is 4.91. The highest BCUT2D eigenvalue weighted by atomic mass is 15.2. The third kappa shape index (κ3) is 3.61. The van der Waals surface area contributed by atoms with Crippen molar-refractivity contribution in [2.24, 2.45) is 21.5 Å². The third-order valence-electron chi connectivity index (χ3n) is 1.93. The summed E-state index contributed by atoms with van der Waals surface area (Å²) in [5.74, 6) is 0.478. The van der Waals surface area contributed by atoms with Crippen molar-refractivity contribution in [2.45, 2.75) is 6.92 Å². The summed E-state index contributed by atoms with van der Waals surface area (Å²) in [6.45, 7) is 1.99. The molecule has 1 aromatic carbocycles. The number of hydrogen-bond donors (Lipinski definition) is 2. The number of hydrogen-bond acceptors (Lipinski definition) is 1. The Balaban J connectivity index is 2.89. The Morgan fingerprint density at radius 3 is 2.50 bits per heavy atom. The van der Waals surface area contributed by atoms with Crippen molar-refractivity contribution in [2.75, 3.05) is 14.1 Å². The van der Waals surface area contributed by atoms with Gasteiger partial charge in [0.05, 0.1) is 5.69 Å². The van der Waals surface area contributed by atoms with Gasteiger partial charge in [-0.25, -0.2) is 4.99 Å². The molecular weight excluding hydrogens is 202 g/mol. The van der Waals surface area contributed by atoms with Gasteiger partial charge in [-0.3, -0.25) is 0 Å². The zero-order valence-corrected chi connectivity index (χ0v) is 9.81. The van der Waals surface area contributed by atoms with E-state index in [-0.39, 0.29) is 5.96 Å².